The lowest BCUT2D eigenvalue weighted by Gasteiger charge is -2.28. The van der Waals surface area contributed by atoms with E-state index < -0.39 is 16.0 Å². The minimum Gasteiger partial charge on any atom is -0.480 e. The highest BCUT2D eigenvalue weighted by atomic mass is 32.2. The van der Waals surface area contributed by atoms with Crippen LogP contribution < -0.4 is 0 Å². The summed E-state index contributed by atoms with van der Waals surface area (Å²) in [5, 5.41) is 10.1. The van der Waals surface area contributed by atoms with E-state index in [1.54, 1.807) is 8.87 Å². The molecule has 0 saturated heterocycles. The Kier molecular flexibility index (Phi) is 9.74. The van der Waals surface area contributed by atoms with Crippen LogP contribution in [-0.4, -0.2) is 52.2 Å². The maximum absolute atomic E-state index is 13.9. The van der Waals surface area contributed by atoms with Crippen molar-refractivity contribution in [3.05, 3.63) is 132 Å². The molecule has 5 rings (SSSR count). The largest absolute Gasteiger partial charge is 0.480 e. The van der Waals surface area contributed by atoms with E-state index in [1.165, 1.54) is 11.8 Å². The van der Waals surface area contributed by atoms with Crippen molar-refractivity contribution in [2.24, 2.45) is 0 Å². The zero-order valence-electron chi connectivity index (χ0n) is 23.1. The summed E-state index contributed by atoms with van der Waals surface area (Å²) in [5.74, 6) is -0.565. The zero-order chi connectivity index (χ0) is 29.4. The molecule has 0 fully saturated rings. The normalized spacial score (nSPS) is 11.9. The van der Waals surface area contributed by atoms with Crippen LogP contribution in [0, 0.1) is 0 Å². The van der Waals surface area contributed by atoms with Gasteiger partial charge in [-0.25, -0.2) is 17.7 Å². The van der Waals surface area contributed by atoms with Crippen LogP contribution in [0.4, 0.5) is 0 Å². The molecule has 0 unspecified atom stereocenters. The Morgan fingerprint density at radius 2 is 1.40 bits per heavy atom. The minimum absolute atomic E-state index is 0.0777. The molecule has 0 atom stereocenters. The van der Waals surface area contributed by atoms with Gasteiger partial charge in [0.15, 0.2) is 5.16 Å². The van der Waals surface area contributed by atoms with Crippen LogP contribution in [0.25, 0.3) is 11.0 Å². The van der Waals surface area contributed by atoms with Gasteiger partial charge in [-0.05, 0) is 35.2 Å². The van der Waals surface area contributed by atoms with Crippen molar-refractivity contribution in [3.63, 3.8) is 0 Å². The molecule has 1 N–H and O–H groups in total. The lowest BCUT2D eigenvalue weighted by Crippen LogP contribution is -2.37. The molecule has 5 aromatic rings. The first-order chi connectivity index (χ1) is 20.4. The quantitative estimate of drug-likeness (QED) is 0.120. The molecule has 7 nitrogen and oxygen atoms in total. The van der Waals surface area contributed by atoms with Gasteiger partial charge in [0.05, 0.1) is 16.8 Å². The van der Waals surface area contributed by atoms with Crippen LogP contribution in [0.1, 0.15) is 29.0 Å². The van der Waals surface area contributed by atoms with Gasteiger partial charge in [-0.3, -0.25) is 4.79 Å². The van der Waals surface area contributed by atoms with Gasteiger partial charge in [0.2, 0.25) is 10.0 Å². The van der Waals surface area contributed by atoms with E-state index in [0.717, 1.165) is 27.7 Å². The number of sulfonamides is 1. The highest BCUT2D eigenvalue weighted by molar-refractivity contribution is 7.99. The standard InChI is InChI=1S/C33H33N3O4S2/c37-32(38)24-36-31-20-11-10-19-30(31)34-33(36)41-22-12-21-35(42(39,40)25-26-13-4-1-5-14-26)23-29(27-15-6-2-7-16-27)28-17-8-3-9-18-28/h1-11,13-20,29H,12,21-25H2,(H,37,38). The smallest absolute Gasteiger partial charge is 0.323 e. The number of hydrogen-bond donors (Lipinski definition) is 1. The number of aromatic nitrogens is 2. The average Bonchev–Trinajstić information content (AvgIpc) is 3.34. The number of carboxylic acid groups (broad SMARTS) is 1. The summed E-state index contributed by atoms with van der Waals surface area (Å²) in [6.07, 6.45) is 0.575. The van der Waals surface area contributed by atoms with Gasteiger partial charge in [0.1, 0.15) is 6.54 Å². The number of fused-ring (bicyclic) bond motifs is 1. The Hall–Kier alpha value is -3.92. The predicted molar refractivity (Wildman–Crippen MR) is 168 cm³/mol. The van der Waals surface area contributed by atoms with Crippen molar-refractivity contribution >= 4 is 38.8 Å². The molecule has 9 heteroatoms. The number of para-hydroxylation sites is 2. The van der Waals surface area contributed by atoms with Gasteiger partial charge in [-0.1, -0.05) is 115 Å². The molecule has 0 amide bonds. The number of aliphatic carboxylic acids is 1. The van der Waals surface area contributed by atoms with E-state index in [9.17, 15) is 18.3 Å². The first-order valence-corrected chi connectivity index (χ1v) is 16.4. The highest BCUT2D eigenvalue weighted by Gasteiger charge is 2.27. The van der Waals surface area contributed by atoms with E-state index >= 15 is 0 Å². The van der Waals surface area contributed by atoms with Gasteiger partial charge in [0, 0.05) is 24.8 Å². The number of imidazole rings is 1. The Balaban J connectivity index is 1.37. The van der Waals surface area contributed by atoms with Gasteiger partial charge in [0.25, 0.3) is 0 Å². The van der Waals surface area contributed by atoms with Crippen molar-refractivity contribution in [1.82, 2.24) is 13.9 Å². The van der Waals surface area contributed by atoms with Crippen molar-refractivity contribution in [2.45, 2.75) is 29.8 Å². The third kappa shape index (κ3) is 7.47. The molecule has 0 saturated carbocycles. The molecule has 4 aromatic carbocycles. The molecular weight excluding hydrogens is 567 g/mol. The summed E-state index contributed by atoms with van der Waals surface area (Å²) in [5.41, 5.74) is 4.36. The van der Waals surface area contributed by atoms with Crippen molar-refractivity contribution < 1.29 is 18.3 Å². The van der Waals surface area contributed by atoms with Crippen LogP contribution in [0.5, 0.6) is 0 Å². The Morgan fingerprint density at radius 1 is 0.833 bits per heavy atom. The third-order valence-electron chi connectivity index (χ3n) is 7.07. The summed E-state index contributed by atoms with van der Waals surface area (Å²) in [6, 6.07) is 36.7. The second kappa shape index (κ2) is 13.8. The van der Waals surface area contributed by atoms with Gasteiger partial charge in [-0.15, -0.1) is 0 Å². The molecule has 0 aliphatic rings. The number of nitrogens with zero attached hydrogens (tertiary/aromatic N) is 3. The summed E-state index contributed by atoms with van der Waals surface area (Å²) >= 11 is 1.45. The fraction of sp³-hybridized carbons (Fsp3) is 0.212. The molecule has 0 radical (unpaired) electrons. The van der Waals surface area contributed by atoms with Crippen LogP contribution in [-0.2, 0) is 27.1 Å². The van der Waals surface area contributed by atoms with Gasteiger partial charge < -0.3 is 9.67 Å². The highest BCUT2D eigenvalue weighted by Crippen LogP contribution is 2.29. The summed E-state index contributed by atoms with van der Waals surface area (Å²) in [4.78, 5) is 16.2. The van der Waals surface area contributed by atoms with Gasteiger partial charge in [-0.2, -0.15) is 0 Å². The Labute approximate surface area is 250 Å². The molecule has 0 aliphatic heterocycles. The number of carbonyl (C=O) groups is 1. The zero-order valence-corrected chi connectivity index (χ0v) is 24.8. The van der Waals surface area contributed by atoms with Crippen molar-refractivity contribution in [3.8, 4) is 0 Å². The number of hydrogen-bond acceptors (Lipinski definition) is 5. The van der Waals surface area contributed by atoms with Crippen LogP contribution in [0.3, 0.4) is 0 Å². The second-order valence-corrected chi connectivity index (χ2v) is 13.1. The Morgan fingerprint density at radius 3 is 2.02 bits per heavy atom. The minimum atomic E-state index is -3.65. The Bertz CT molecular complexity index is 1670. The van der Waals surface area contributed by atoms with Crippen LogP contribution in [0.2, 0.25) is 0 Å². The van der Waals surface area contributed by atoms with Crippen molar-refractivity contribution in [2.75, 3.05) is 18.8 Å². The maximum Gasteiger partial charge on any atom is 0.323 e. The maximum atomic E-state index is 13.9. The lowest BCUT2D eigenvalue weighted by molar-refractivity contribution is -0.137. The average molecular weight is 600 g/mol. The van der Waals surface area contributed by atoms with Crippen molar-refractivity contribution in [1.29, 1.82) is 0 Å². The molecule has 0 spiro atoms. The number of benzene rings is 4. The molecule has 216 valence electrons. The van der Waals surface area contributed by atoms with Crippen LogP contribution >= 0.6 is 11.8 Å². The first kappa shape index (κ1) is 29.6. The molecule has 0 aliphatic carbocycles. The van der Waals surface area contributed by atoms with Crippen LogP contribution in [0.15, 0.2) is 120 Å². The predicted octanol–water partition coefficient (Wildman–Crippen LogP) is 6.27. The topological polar surface area (TPSA) is 92.5 Å². The molecule has 1 heterocycles. The monoisotopic (exact) mass is 599 g/mol. The third-order valence-corrected chi connectivity index (χ3v) is 9.95. The fourth-order valence-corrected chi connectivity index (χ4v) is 7.57. The van der Waals surface area contributed by atoms with E-state index in [4.69, 9.17) is 0 Å². The SMILES string of the molecule is O=C(O)Cn1c(SCCCN(CC(c2ccccc2)c2ccccc2)S(=O)(=O)Cc2ccccc2)nc2ccccc21. The number of carboxylic acids is 1. The van der Waals surface area contributed by atoms with Gasteiger partial charge >= 0.3 is 5.97 Å². The van der Waals surface area contributed by atoms with E-state index in [1.807, 2.05) is 115 Å². The van der Waals surface area contributed by atoms with E-state index in [-0.39, 0.29) is 18.2 Å². The number of rotatable bonds is 14. The van der Waals surface area contributed by atoms with E-state index in [2.05, 4.69) is 4.98 Å². The molecule has 1 aromatic heterocycles. The summed E-state index contributed by atoms with van der Waals surface area (Å²) < 4.78 is 31.1. The fourth-order valence-electron chi connectivity index (χ4n) is 5.05. The molecular formula is C33H33N3O4S2. The number of thioether (sulfide) groups is 1. The summed E-state index contributed by atoms with van der Waals surface area (Å²) in [6.45, 7) is 0.457. The molecule has 42 heavy (non-hydrogen) atoms. The van der Waals surface area contributed by atoms with E-state index in [0.29, 0.717) is 30.4 Å². The second-order valence-electron chi connectivity index (χ2n) is 10.0. The first-order valence-electron chi connectivity index (χ1n) is 13.8. The summed E-state index contributed by atoms with van der Waals surface area (Å²) in [7, 11) is -3.65. The lowest BCUT2D eigenvalue weighted by atomic mass is 9.91. The molecule has 0 bridgehead atoms.